The molecular formula is C14H10N2O4S. The molecule has 0 atom stereocenters. The number of fused-ring (bicyclic) bond motifs is 1. The zero-order chi connectivity index (χ0) is 15.2. The molecule has 21 heavy (non-hydrogen) atoms. The van der Waals surface area contributed by atoms with Gasteiger partial charge in [0.05, 0.1) is 16.2 Å². The Labute approximate surface area is 120 Å². The van der Waals surface area contributed by atoms with Gasteiger partial charge in [-0.05, 0) is 12.1 Å². The molecule has 0 radical (unpaired) electrons. The first kappa shape index (κ1) is 13.3. The van der Waals surface area contributed by atoms with E-state index >= 15 is 0 Å². The van der Waals surface area contributed by atoms with E-state index in [2.05, 4.69) is 4.40 Å². The van der Waals surface area contributed by atoms with Crippen molar-refractivity contribution in [3.63, 3.8) is 0 Å². The third-order valence-electron chi connectivity index (χ3n) is 3.17. The molecule has 0 aromatic heterocycles. The van der Waals surface area contributed by atoms with E-state index in [9.17, 15) is 13.2 Å². The van der Waals surface area contributed by atoms with Crippen LogP contribution < -0.4 is 5.73 Å². The number of hydrogen-bond donors (Lipinski definition) is 2. The second-order valence-electron chi connectivity index (χ2n) is 4.52. The Morgan fingerprint density at radius 3 is 2.43 bits per heavy atom. The van der Waals surface area contributed by atoms with E-state index in [1.54, 1.807) is 30.3 Å². The van der Waals surface area contributed by atoms with E-state index in [1.807, 2.05) is 0 Å². The van der Waals surface area contributed by atoms with Gasteiger partial charge in [0.1, 0.15) is 0 Å². The summed E-state index contributed by atoms with van der Waals surface area (Å²) in [6.45, 7) is 0. The van der Waals surface area contributed by atoms with Gasteiger partial charge in [0, 0.05) is 16.8 Å². The predicted molar refractivity (Wildman–Crippen MR) is 77.1 cm³/mol. The third-order valence-corrected chi connectivity index (χ3v) is 4.49. The van der Waals surface area contributed by atoms with Gasteiger partial charge < -0.3 is 10.8 Å². The average Bonchev–Trinajstić information content (AvgIpc) is 2.70. The molecule has 7 heteroatoms. The molecule has 106 valence electrons. The van der Waals surface area contributed by atoms with E-state index in [4.69, 9.17) is 10.8 Å². The fraction of sp³-hybridized carbons (Fsp3) is 0. The number of aromatic carboxylic acids is 1. The van der Waals surface area contributed by atoms with Crippen molar-refractivity contribution in [2.45, 2.75) is 4.90 Å². The van der Waals surface area contributed by atoms with Crippen molar-refractivity contribution >= 4 is 27.4 Å². The van der Waals surface area contributed by atoms with Crippen LogP contribution in [0.5, 0.6) is 0 Å². The molecular weight excluding hydrogens is 292 g/mol. The topological polar surface area (TPSA) is 110 Å². The minimum atomic E-state index is -3.91. The molecule has 3 rings (SSSR count). The van der Waals surface area contributed by atoms with Crippen LogP contribution in [0.1, 0.15) is 21.5 Å². The monoisotopic (exact) mass is 302 g/mol. The molecule has 1 heterocycles. The summed E-state index contributed by atoms with van der Waals surface area (Å²) in [7, 11) is -3.91. The van der Waals surface area contributed by atoms with Crippen molar-refractivity contribution in [2.24, 2.45) is 4.40 Å². The number of rotatable bonds is 2. The van der Waals surface area contributed by atoms with Crippen LogP contribution in [-0.2, 0) is 10.0 Å². The predicted octanol–water partition coefficient (Wildman–Crippen LogP) is 1.51. The fourth-order valence-electron chi connectivity index (χ4n) is 2.20. The van der Waals surface area contributed by atoms with Gasteiger partial charge in [-0.25, -0.2) is 4.79 Å². The van der Waals surface area contributed by atoms with Gasteiger partial charge in [-0.1, -0.05) is 30.3 Å². The van der Waals surface area contributed by atoms with Gasteiger partial charge in [0.15, 0.2) is 0 Å². The van der Waals surface area contributed by atoms with Crippen LogP contribution in [0.15, 0.2) is 51.8 Å². The lowest BCUT2D eigenvalue weighted by molar-refractivity contribution is 0.0698. The van der Waals surface area contributed by atoms with Gasteiger partial charge in [0.25, 0.3) is 10.0 Å². The zero-order valence-corrected chi connectivity index (χ0v) is 11.5. The number of carbonyl (C=O) groups is 1. The molecule has 0 amide bonds. The van der Waals surface area contributed by atoms with E-state index in [-0.39, 0.29) is 21.9 Å². The van der Waals surface area contributed by atoms with Crippen molar-refractivity contribution in [3.8, 4) is 0 Å². The lowest BCUT2D eigenvalue weighted by Gasteiger charge is -2.06. The number of nitrogen functional groups attached to an aromatic ring is 1. The number of nitrogens with two attached hydrogens (primary N) is 1. The number of anilines is 1. The number of benzene rings is 2. The third kappa shape index (κ3) is 2.07. The standard InChI is InChI=1S/C14H10N2O4S/c15-11-6-10-12(7-9(11)14(17)18)21(19,20)16-13(10)8-4-2-1-3-5-8/h1-7H,15H2,(H,17,18). The van der Waals surface area contributed by atoms with Crippen molar-refractivity contribution < 1.29 is 18.3 Å². The lowest BCUT2D eigenvalue weighted by atomic mass is 10.00. The van der Waals surface area contributed by atoms with Crippen molar-refractivity contribution in [1.29, 1.82) is 0 Å². The summed E-state index contributed by atoms with van der Waals surface area (Å²) in [6.07, 6.45) is 0. The summed E-state index contributed by atoms with van der Waals surface area (Å²) in [4.78, 5) is 10.9. The SMILES string of the molecule is Nc1cc2c(cc1C(=O)O)S(=O)(=O)N=C2c1ccccc1. The highest BCUT2D eigenvalue weighted by Gasteiger charge is 2.31. The van der Waals surface area contributed by atoms with Crippen LogP contribution in [0.2, 0.25) is 0 Å². The maximum Gasteiger partial charge on any atom is 0.337 e. The van der Waals surface area contributed by atoms with Gasteiger partial charge >= 0.3 is 5.97 Å². The summed E-state index contributed by atoms with van der Waals surface area (Å²) in [5.41, 5.74) is 6.67. The Bertz CT molecular complexity index is 887. The Morgan fingerprint density at radius 2 is 1.81 bits per heavy atom. The maximum absolute atomic E-state index is 12.1. The Kier molecular flexibility index (Phi) is 2.80. The van der Waals surface area contributed by atoms with E-state index in [0.29, 0.717) is 11.1 Å². The molecule has 0 aliphatic carbocycles. The second-order valence-corrected chi connectivity index (χ2v) is 6.09. The molecule has 2 aromatic rings. The fourth-order valence-corrected chi connectivity index (χ4v) is 3.45. The number of carboxylic acids is 1. The summed E-state index contributed by atoms with van der Waals surface area (Å²) < 4.78 is 27.9. The van der Waals surface area contributed by atoms with E-state index in [0.717, 1.165) is 6.07 Å². The Morgan fingerprint density at radius 1 is 1.14 bits per heavy atom. The van der Waals surface area contributed by atoms with Gasteiger partial charge in [0.2, 0.25) is 0 Å². The van der Waals surface area contributed by atoms with E-state index in [1.165, 1.54) is 6.07 Å². The highest BCUT2D eigenvalue weighted by molar-refractivity contribution is 7.90. The second kappa shape index (κ2) is 4.42. The number of hydrogen-bond acceptors (Lipinski definition) is 4. The molecule has 2 aromatic carbocycles. The normalized spacial score (nSPS) is 15.3. The van der Waals surface area contributed by atoms with E-state index < -0.39 is 16.0 Å². The van der Waals surface area contributed by atoms with Gasteiger partial charge in [-0.2, -0.15) is 12.8 Å². The van der Waals surface area contributed by atoms with Crippen LogP contribution in [-0.4, -0.2) is 25.2 Å². The number of sulfonamides is 1. The molecule has 0 fully saturated rings. The number of carboxylic acid groups (broad SMARTS) is 1. The van der Waals surface area contributed by atoms with Crippen LogP contribution in [0.25, 0.3) is 0 Å². The highest BCUT2D eigenvalue weighted by atomic mass is 32.2. The van der Waals surface area contributed by atoms with Gasteiger partial charge in [-0.15, -0.1) is 0 Å². The van der Waals surface area contributed by atoms with Crippen LogP contribution >= 0.6 is 0 Å². The highest BCUT2D eigenvalue weighted by Crippen LogP contribution is 2.32. The lowest BCUT2D eigenvalue weighted by Crippen LogP contribution is -2.07. The quantitative estimate of drug-likeness (QED) is 0.817. The number of nitrogens with zero attached hydrogens (tertiary/aromatic N) is 1. The minimum absolute atomic E-state index is 0.00183. The first-order chi connectivity index (χ1) is 9.90. The first-order valence-corrected chi connectivity index (χ1v) is 7.42. The van der Waals surface area contributed by atoms with Crippen LogP contribution in [0, 0.1) is 0 Å². The molecule has 1 aliphatic heterocycles. The maximum atomic E-state index is 12.1. The molecule has 0 spiro atoms. The molecule has 0 saturated heterocycles. The van der Waals surface area contributed by atoms with Gasteiger partial charge in [-0.3, -0.25) is 0 Å². The molecule has 3 N–H and O–H groups in total. The zero-order valence-electron chi connectivity index (χ0n) is 10.6. The molecule has 0 saturated carbocycles. The Hall–Kier alpha value is -2.67. The largest absolute Gasteiger partial charge is 0.478 e. The van der Waals surface area contributed by atoms with Crippen molar-refractivity contribution in [3.05, 3.63) is 59.2 Å². The summed E-state index contributed by atoms with van der Waals surface area (Å²) in [6, 6.07) is 11.2. The summed E-state index contributed by atoms with van der Waals surface area (Å²) >= 11 is 0. The van der Waals surface area contributed by atoms with Crippen molar-refractivity contribution in [2.75, 3.05) is 5.73 Å². The van der Waals surface area contributed by atoms with Crippen molar-refractivity contribution in [1.82, 2.24) is 0 Å². The molecule has 6 nitrogen and oxygen atoms in total. The molecule has 0 unspecified atom stereocenters. The summed E-state index contributed by atoms with van der Waals surface area (Å²) in [5, 5.41) is 9.04. The smallest absolute Gasteiger partial charge is 0.337 e. The Balaban J connectivity index is 2.29. The summed E-state index contributed by atoms with van der Waals surface area (Å²) in [5.74, 6) is -1.28. The van der Waals surface area contributed by atoms with Crippen LogP contribution in [0.4, 0.5) is 5.69 Å². The molecule has 0 bridgehead atoms. The average molecular weight is 302 g/mol. The molecule has 1 aliphatic rings. The van der Waals surface area contributed by atoms with Crippen LogP contribution in [0.3, 0.4) is 0 Å². The first-order valence-electron chi connectivity index (χ1n) is 5.98. The minimum Gasteiger partial charge on any atom is -0.478 e.